The number of aromatic nitrogens is 2. The molecule has 29 heavy (non-hydrogen) atoms. The SMILES string of the molecule is CCCCCCCCc1cnc(-c2ccc(CCCCCCCC)cc2S)nc1. The van der Waals surface area contributed by atoms with E-state index in [1.54, 1.807) is 0 Å². The summed E-state index contributed by atoms with van der Waals surface area (Å²) in [7, 11) is 0. The van der Waals surface area contributed by atoms with Crippen LogP contribution in [0.4, 0.5) is 0 Å². The van der Waals surface area contributed by atoms with Crippen molar-refractivity contribution in [2.24, 2.45) is 0 Å². The Labute approximate surface area is 184 Å². The zero-order valence-electron chi connectivity index (χ0n) is 18.6. The van der Waals surface area contributed by atoms with Crippen molar-refractivity contribution in [3.8, 4) is 11.4 Å². The molecule has 0 aliphatic heterocycles. The highest BCUT2D eigenvalue weighted by atomic mass is 32.1. The first-order chi connectivity index (χ1) is 14.2. The molecule has 2 rings (SSSR count). The van der Waals surface area contributed by atoms with Gasteiger partial charge in [0.1, 0.15) is 0 Å². The molecule has 0 bridgehead atoms. The number of aryl methyl sites for hydroxylation is 2. The number of benzene rings is 1. The molecular weight excluding hydrogens is 372 g/mol. The molecule has 0 amide bonds. The molecule has 3 heteroatoms. The summed E-state index contributed by atoms with van der Waals surface area (Å²) in [6.07, 6.45) is 22.1. The Morgan fingerprint density at radius 3 is 1.72 bits per heavy atom. The molecule has 0 radical (unpaired) electrons. The summed E-state index contributed by atoms with van der Waals surface area (Å²) < 4.78 is 0. The van der Waals surface area contributed by atoms with E-state index >= 15 is 0 Å². The van der Waals surface area contributed by atoms with Gasteiger partial charge in [0, 0.05) is 22.9 Å². The zero-order chi connectivity index (χ0) is 20.7. The van der Waals surface area contributed by atoms with Gasteiger partial charge in [-0.15, -0.1) is 12.6 Å². The third-order valence-corrected chi connectivity index (χ3v) is 6.02. The fourth-order valence-corrected chi connectivity index (χ4v) is 4.10. The summed E-state index contributed by atoms with van der Waals surface area (Å²) in [4.78, 5) is 10.2. The van der Waals surface area contributed by atoms with Crippen LogP contribution >= 0.6 is 12.6 Å². The lowest BCUT2D eigenvalue weighted by Gasteiger charge is -2.08. The van der Waals surface area contributed by atoms with Crippen LogP contribution in [0.2, 0.25) is 0 Å². The molecule has 2 aromatic rings. The number of rotatable bonds is 15. The summed E-state index contributed by atoms with van der Waals surface area (Å²) >= 11 is 4.71. The number of hydrogen-bond donors (Lipinski definition) is 1. The number of thiol groups is 1. The second-order valence-corrected chi connectivity index (χ2v) is 8.78. The molecule has 1 aromatic heterocycles. The van der Waals surface area contributed by atoms with E-state index in [0.717, 1.165) is 29.1 Å². The lowest BCUT2D eigenvalue weighted by molar-refractivity contribution is 0.607. The van der Waals surface area contributed by atoms with E-state index in [1.165, 1.54) is 88.2 Å². The van der Waals surface area contributed by atoms with E-state index < -0.39 is 0 Å². The average molecular weight is 413 g/mol. The van der Waals surface area contributed by atoms with Gasteiger partial charge in [0.25, 0.3) is 0 Å². The molecule has 1 heterocycles. The van der Waals surface area contributed by atoms with Crippen molar-refractivity contribution in [3.63, 3.8) is 0 Å². The van der Waals surface area contributed by atoms with Crippen LogP contribution in [0.25, 0.3) is 11.4 Å². The van der Waals surface area contributed by atoms with Crippen molar-refractivity contribution in [2.45, 2.75) is 109 Å². The largest absolute Gasteiger partial charge is 0.236 e. The van der Waals surface area contributed by atoms with Gasteiger partial charge in [-0.3, -0.25) is 0 Å². The Morgan fingerprint density at radius 2 is 1.17 bits per heavy atom. The van der Waals surface area contributed by atoms with Crippen molar-refractivity contribution >= 4 is 12.6 Å². The maximum atomic E-state index is 4.71. The van der Waals surface area contributed by atoms with Crippen molar-refractivity contribution in [1.82, 2.24) is 9.97 Å². The maximum Gasteiger partial charge on any atom is 0.160 e. The Bertz CT molecular complexity index is 682. The van der Waals surface area contributed by atoms with Crippen LogP contribution in [-0.2, 0) is 12.8 Å². The number of hydrogen-bond acceptors (Lipinski definition) is 3. The molecule has 0 unspecified atom stereocenters. The molecule has 0 aliphatic rings. The van der Waals surface area contributed by atoms with E-state index in [2.05, 4.69) is 42.0 Å². The minimum Gasteiger partial charge on any atom is -0.236 e. The smallest absolute Gasteiger partial charge is 0.160 e. The third kappa shape index (κ3) is 9.33. The molecule has 0 N–H and O–H groups in total. The van der Waals surface area contributed by atoms with E-state index in [1.807, 2.05) is 12.4 Å². The van der Waals surface area contributed by atoms with Gasteiger partial charge < -0.3 is 0 Å². The number of nitrogens with zero attached hydrogens (tertiary/aromatic N) is 2. The van der Waals surface area contributed by atoms with E-state index in [4.69, 9.17) is 12.6 Å². The van der Waals surface area contributed by atoms with Crippen LogP contribution in [0, 0.1) is 0 Å². The van der Waals surface area contributed by atoms with Crippen molar-refractivity contribution < 1.29 is 0 Å². The minimum absolute atomic E-state index is 0.785. The van der Waals surface area contributed by atoms with E-state index in [0.29, 0.717) is 0 Å². The second kappa shape index (κ2) is 14.6. The first-order valence-electron chi connectivity index (χ1n) is 11.9. The average Bonchev–Trinajstić information content (AvgIpc) is 2.74. The van der Waals surface area contributed by atoms with Crippen LogP contribution in [0.15, 0.2) is 35.5 Å². The van der Waals surface area contributed by atoms with Crippen LogP contribution in [0.3, 0.4) is 0 Å². The molecule has 0 spiro atoms. The number of unbranched alkanes of at least 4 members (excludes halogenated alkanes) is 10. The van der Waals surface area contributed by atoms with Gasteiger partial charge in [0.05, 0.1) is 0 Å². The predicted octanol–water partition coefficient (Wildman–Crippen LogP) is 8.24. The lowest BCUT2D eigenvalue weighted by Crippen LogP contribution is -1.95. The predicted molar refractivity (Wildman–Crippen MR) is 129 cm³/mol. The van der Waals surface area contributed by atoms with Gasteiger partial charge in [0.2, 0.25) is 0 Å². The molecule has 0 saturated carbocycles. The zero-order valence-corrected chi connectivity index (χ0v) is 19.5. The van der Waals surface area contributed by atoms with E-state index in [-0.39, 0.29) is 0 Å². The molecule has 1 aromatic carbocycles. The summed E-state index contributed by atoms with van der Waals surface area (Å²) in [6.45, 7) is 4.53. The van der Waals surface area contributed by atoms with Crippen molar-refractivity contribution in [1.29, 1.82) is 0 Å². The Hall–Kier alpha value is -1.35. The van der Waals surface area contributed by atoms with Crippen molar-refractivity contribution in [2.75, 3.05) is 0 Å². The van der Waals surface area contributed by atoms with Gasteiger partial charge in [-0.25, -0.2) is 9.97 Å². The molecule has 160 valence electrons. The van der Waals surface area contributed by atoms with Gasteiger partial charge in [-0.1, -0.05) is 84.1 Å². The van der Waals surface area contributed by atoms with Gasteiger partial charge in [-0.05, 0) is 48.9 Å². The third-order valence-electron chi connectivity index (χ3n) is 5.65. The van der Waals surface area contributed by atoms with Crippen molar-refractivity contribution in [3.05, 3.63) is 41.7 Å². The fraction of sp³-hybridized carbons (Fsp3) is 0.615. The molecule has 0 fully saturated rings. The second-order valence-electron chi connectivity index (χ2n) is 8.30. The Kier molecular flexibility index (Phi) is 12.0. The quantitative estimate of drug-likeness (QED) is 0.235. The minimum atomic E-state index is 0.785. The van der Waals surface area contributed by atoms with E-state index in [9.17, 15) is 0 Å². The van der Waals surface area contributed by atoms with Gasteiger partial charge in [0.15, 0.2) is 5.82 Å². The normalized spacial score (nSPS) is 11.1. The molecule has 2 nitrogen and oxygen atoms in total. The monoisotopic (exact) mass is 412 g/mol. The summed E-state index contributed by atoms with van der Waals surface area (Å²) in [5, 5.41) is 0. The van der Waals surface area contributed by atoms with Crippen LogP contribution < -0.4 is 0 Å². The standard InChI is InChI=1S/C26H40N2S/c1-3-5-7-9-11-13-15-22-17-18-24(25(29)19-22)26-27-20-23(21-28-26)16-14-12-10-8-6-4-2/h17-21,29H,3-16H2,1-2H3. The highest BCUT2D eigenvalue weighted by molar-refractivity contribution is 7.80. The first kappa shape index (κ1) is 23.9. The summed E-state index contributed by atoms with van der Waals surface area (Å²) in [6, 6.07) is 6.55. The van der Waals surface area contributed by atoms with Crippen LogP contribution in [0.1, 0.15) is 102 Å². The summed E-state index contributed by atoms with van der Waals surface area (Å²) in [5.41, 5.74) is 3.64. The highest BCUT2D eigenvalue weighted by Crippen LogP contribution is 2.25. The molecule has 0 aliphatic carbocycles. The first-order valence-corrected chi connectivity index (χ1v) is 12.3. The van der Waals surface area contributed by atoms with Gasteiger partial charge in [-0.2, -0.15) is 0 Å². The van der Waals surface area contributed by atoms with Gasteiger partial charge >= 0.3 is 0 Å². The van der Waals surface area contributed by atoms with Crippen LogP contribution in [0.5, 0.6) is 0 Å². The lowest BCUT2D eigenvalue weighted by atomic mass is 10.0. The molecular formula is C26H40N2S. The topological polar surface area (TPSA) is 25.8 Å². The van der Waals surface area contributed by atoms with Crippen LogP contribution in [-0.4, -0.2) is 9.97 Å². The molecule has 0 atom stereocenters. The fourth-order valence-electron chi connectivity index (χ4n) is 3.76. The summed E-state index contributed by atoms with van der Waals surface area (Å²) in [5.74, 6) is 0.785. The molecule has 0 saturated heterocycles. The maximum absolute atomic E-state index is 4.71. The highest BCUT2D eigenvalue weighted by Gasteiger charge is 2.07. The Balaban J connectivity index is 1.79. The Morgan fingerprint density at radius 1 is 0.655 bits per heavy atom.